The molecule has 0 aliphatic rings. The first-order chi connectivity index (χ1) is 14.7. The molecule has 0 bridgehead atoms. The molecular weight excluding hydrogens is 420 g/mol. The summed E-state index contributed by atoms with van der Waals surface area (Å²) < 4.78 is 7.70. The van der Waals surface area contributed by atoms with Crippen molar-refractivity contribution in [1.82, 2.24) is 20.1 Å². The minimum atomic E-state index is -0.217. The number of rotatable bonds is 10. The lowest BCUT2D eigenvalue weighted by Gasteiger charge is -2.08. The zero-order valence-corrected chi connectivity index (χ0v) is 18.2. The zero-order valence-electron chi connectivity index (χ0n) is 16.6. The van der Waals surface area contributed by atoms with Crippen LogP contribution in [-0.4, -0.2) is 33.0 Å². The minimum absolute atomic E-state index is 0.217. The zero-order chi connectivity index (χ0) is 21.2. The number of hydrogen-bond donors (Lipinski definition) is 1. The Morgan fingerprint density at radius 1 is 1.17 bits per heavy atom. The number of hydrogen-bond acceptors (Lipinski definition) is 5. The number of benzene rings is 2. The summed E-state index contributed by atoms with van der Waals surface area (Å²) in [6.07, 6.45) is 3.15. The maximum Gasteiger partial charge on any atom is 0.244 e. The Kier molecular flexibility index (Phi) is 8.35. The van der Waals surface area contributed by atoms with Gasteiger partial charge in [0.05, 0.1) is 13.2 Å². The van der Waals surface area contributed by atoms with Gasteiger partial charge in [0, 0.05) is 23.4 Å². The van der Waals surface area contributed by atoms with E-state index in [4.69, 9.17) is 16.3 Å². The summed E-state index contributed by atoms with van der Waals surface area (Å²) in [6, 6.07) is 17.1. The van der Waals surface area contributed by atoms with Crippen LogP contribution in [0.2, 0.25) is 5.02 Å². The summed E-state index contributed by atoms with van der Waals surface area (Å²) in [5, 5.41) is 12.7. The first kappa shape index (κ1) is 21.9. The van der Waals surface area contributed by atoms with E-state index in [1.807, 2.05) is 60.0 Å². The minimum Gasteiger partial charge on any atom is -0.493 e. The Bertz CT molecular complexity index is 992. The van der Waals surface area contributed by atoms with E-state index in [1.54, 1.807) is 23.9 Å². The van der Waals surface area contributed by atoms with Crippen molar-refractivity contribution in [3.8, 4) is 5.75 Å². The molecule has 2 aromatic carbocycles. The molecule has 0 atom stereocenters. The van der Waals surface area contributed by atoms with Crippen molar-refractivity contribution < 1.29 is 9.53 Å². The van der Waals surface area contributed by atoms with E-state index < -0.39 is 0 Å². The predicted molar refractivity (Wildman–Crippen MR) is 121 cm³/mol. The van der Waals surface area contributed by atoms with Crippen molar-refractivity contribution in [3.05, 3.63) is 77.1 Å². The second kappa shape index (κ2) is 11.4. The largest absolute Gasteiger partial charge is 0.493 e. The lowest BCUT2D eigenvalue weighted by atomic mass is 10.2. The fourth-order valence-corrected chi connectivity index (χ4v) is 3.72. The van der Waals surface area contributed by atoms with E-state index in [2.05, 4.69) is 15.5 Å². The van der Waals surface area contributed by atoms with Gasteiger partial charge in [-0.25, -0.2) is 0 Å². The summed E-state index contributed by atoms with van der Waals surface area (Å²) in [5.74, 6) is 2.10. The number of nitrogens with one attached hydrogen (secondary N) is 1. The van der Waals surface area contributed by atoms with E-state index >= 15 is 0 Å². The SMILES string of the molecule is CCn1c(CNC(=O)C=Cc2ccccc2Cl)nnc1SCCOc1ccccc1. The lowest BCUT2D eigenvalue weighted by Crippen LogP contribution is -2.22. The molecule has 1 amide bonds. The Balaban J connectivity index is 1.48. The molecule has 8 heteroatoms. The highest BCUT2D eigenvalue weighted by molar-refractivity contribution is 7.99. The van der Waals surface area contributed by atoms with Gasteiger partial charge >= 0.3 is 0 Å². The summed E-state index contributed by atoms with van der Waals surface area (Å²) in [7, 11) is 0. The van der Waals surface area contributed by atoms with Crippen LogP contribution >= 0.6 is 23.4 Å². The third-order valence-corrected chi connectivity index (χ3v) is 5.45. The summed E-state index contributed by atoms with van der Waals surface area (Å²) in [6.45, 7) is 3.61. The number of carbonyl (C=O) groups excluding carboxylic acids is 1. The number of carbonyl (C=O) groups is 1. The Labute approximate surface area is 185 Å². The topological polar surface area (TPSA) is 69.0 Å². The van der Waals surface area contributed by atoms with Gasteiger partial charge in [-0.15, -0.1) is 10.2 Å². The molecular formula is C22H23ClN4O2S. The summed E-state index contributed by atoms with van der Waals surface area (Å²) >= 11 is 7.67. The maximum atomic E-state index is 12.1. The van der Waals surface area contributed by atoms with Crippen LogP contribution in [0.5, 0.6) is 5.75 Å². The van der Waals surface area contributed by atoms with Crippen LogP contribution in [0.3, 0.4) is 0 Å². The highest BCUT2D eigenvalue weighted by atomic mass is 35.5. The first-order valence-corrected chi connectivity index (χ1v) is 11.0. The molecule has 30 heavy (non-hydrogen) atoms. The average molecular weight is 443 g/mol. The van der Waals surface area contributed by atoms with Crippen LogP contribution in [0.4, 0.5) is 0 Å². The van der Waals surface area contributed by atoms with Crippen LogP contribution in [0.1, 0.15) is 18.3 Å². The van der Waals surface area contributed by atoms with Crippen molar-refractivity contribution in [2.24, 2.45) is 0 Å². The number of ether oxygens (including phenoxy) is 1. The molecule has 0 radical (unpaired) electrons. The van der Waals surface area contributed by atoms with Crippen LogP contribution in [0.15, 0.2) is 65.8 Å². The molecule has 0 fully saturated rings. The lowest BCUT2D eigenvalue weighted by molar-refractivity contribution is -0.116. The second-order valence-electron chi connectivity index (χ2n) is 6.23. The van der Waals surface area contributed by atoms with Crippen LogP contribution in [0, 0.1) is 0 Å². The van der Waals surface area contributed by atoms with Crippen molar-refractivity contribution in [1.29, 1.82) is 0 Å². The van der Waals surface area contributed by atoms with E-state index in [0.29, 0.717) is 24.0 Å². The predicted octanol–water partition coefficient (Wildman–Crippen LogP) is 4.45. The third-order valence-electron chi connectivity index (χ3n) is 4.18. The van der Waals surface area contributed by atoms with Crippen molar-refractivity contribution in [2.45, 2.75) is 25.2 Å². The van der Waals surface area contributed by atoms with Gasteiger partial charge in [0.2, 0.25) is 5.91 Å². The number of thioether (sulfide) groups is 1. The number of aromatic nitrogens is 3. The van der Waals surface area contributed by atoms with Crippen molar-refractivity contribution >= 4 is 35.3 Å². The van der Waals surface area contributed by atoms with Crippen LogP contribution < -0.4 is 10.1 Å². The molecule has 1 heterocycles. The van der Waals surface area contributed by atoms with E-state index in [1.165, 1.54) is 6.08 Å². The van der Waals surface area contributed by atoms with Gasteiger partial charge in [-0.3, -0.25) is 4.79 Å². The van der Waals surface area contributed by atoms with E-state index in [0.717, 1.165) is 28.8 Å². The fraction of sp³-hybridized carbons (Fsp3) is 0.227. The highest BCUT2D eigenvalue weighted by Crippen LogP contribution is 2.18. The standard InChI is InChI=1S/C22H23ClN4O2S/c1-2-27-20(16-24-21(28)13-12-17-8-6-7-11-19(17)23)25-26-22(27)30-15-14-29-18-9-4-3-5-10-18/h3-13H,2,14-16H2,1H3,(H,24,28). The number of para-hydroxylation sites is 1. The normalized spacial score (nSPS) is 11.0. The molecule has 0 spiro atoms. The first-order valence-electron chi connectivity index (χ1n) is 9.60. The van der Waals surface area contributed by atoms with Crippen molar-refractivity contribution in [2.75, 3.05) is 12.4 Å². The monoisotopic (exact) mass is 442 g/mol. The molecule has 6 nitrogen and oxygen atoms in total. The molecule has 3 aromatic rings. The Morgan fingerprint density at radius 2 is 1.93 bits per heavy atom. The summed E-state index contributed by atoms with van der Waals surface area (Å²) in [5.41, 5.74) is 0.794. The Morgan fingerprint density at radius 3 is 2.70 bits per heavy atom. The molecule has 0 unspecified atom stereocenters. The molecule has 1 aromatic heterocycles. The average Bonchev–Trinajstić information content (AvgIpc) is 3.17. The Hall–Kier alpha value is -2.77. The third kappa shape index (κ3) is 6.37. The van der Waals surface area contributed by atoms with Crippen LogP contribution in [-0.2, 0) is 17.9 Å². The number of amides is 1. The van der Waals surface area contributed by atoms with Crippen LogP contribution in [0.25, 0.3) is 6.08 Å². The van der Waals surface area contributed by atoms with Gasteiger partial charge in [0.1, 0.15) is 5.75 Å². The van der Waals surface area contributed by atoms with E-state index in [9.17, 15) is 4.79 Å². The van der Waals surface area contributed by atoms with E-state index in [-0.39, 0.29) is 5.91 Å². The number of halogens is 1. The highest BCUT2D eigenvalue weighted by Gasteiger charge is 2.12. The molecule has 3 rings (SSSR count). The van der Waals surface area contributed by atoms with Gasteiger partial charge in [-0.05, 0) is 36.8 Å². The molecule has 0 aliphatic carbocycles. The van der Waals surface area contributed by atoms with Gasteiger partial charge in [-0.1, -0.05) is 59.8 Å². The van der Waals surface area contributed by atoms with Gasteiger partial charge in [-0.2, -0.15) is 0 Å². The van der Waals surface area contributed by atoms with Gasteiger partial charge < -0.3 is 14.6 Å². The van der Waals surface area contributed by atoms with Gasteiger partial charge in [0.25, 0.3) is 0 Å². The summed E-state index contributed by atoms with van der Waals surface area (Å²) in [4.78, 5) is 12.1. The maximum absolute atomic E-state index is 12.1. The van der Waals surface area contributed by atoms with Gasteiger partial charge in [0.15, 0.2) is 11.0 Å². The molecule has 0 saturated carbocycles. The smallest absolute Gasteiger partial charge is 0.244 e. The van der Waals surface area contributed by atoms with Crippen molar-refractivity contribution in [3.63, 3.8) is 0 Å². The molecule has 156 valence electrons. The quantitative estimate of drug-likeness (QED) is 0.285. The molecule has 1 N–H and O–H groups in total. The molecule has 0 saturated heterocycles. The second-order valence-corrected chi connectivity index (χ2v) is 7.69. The number of nitrogens with zero attached hydrogens (tertiary/aromatic N) is 3. The fourth-order valence-electron chi connectivity index (χ4n) is 2.68. The molecule has 0 aliphatic heterocycles.